The fraction of sp³-hybridized carbons (Fsp3) is 0.182. The maximum atomic E-state index is 13.0. The molecule has 0 N–H and O–H groups in total. The number of halogens is 2. The summed E-state index contributed by atoms with van der Waals surface area (Å²) in [6, 6.07) is 13.1. The van der Waals surface area contributed by atoms with E-state index in [4.69, 9.17) is 0 Å². The Kier molecular flexibility index (Phi) is 6.31. The van der Waals surface area contributed by atoms with E-state index in [1.165, 1.54) is 18.2 Å². The van der Waals surface area contributed by atoms with E-state index in [0.29, 0.717) is 0 Å². The van der Waals surface area contributed by atoms with Gasteiger partial charge < -0.3 is 0 Å². The number of thiazole rings is 2. The van der Waals surface area contributed by atoms with Gasteiger partial charge in [-0.3, -0.25) is 0 Å². The molecular formula is C22H20F2N2S2. The normalized spacial score (nSPS) is 10.5. The molecule has 2 nitrogen and oxygen atoms in total. The van der Waals surface area contributed by atoms with Crippen LogP contribution < -0.4 is 0 Å². The lowest BCUT2D eigenvalue weighted by Crippen LogP contribution is -1.79. The van der Waals surface area contributed by atoms with Gasteiger partial charge in [-0.1, -0.05) is 24.3 Å². The lowest BCUT2D eigenvalue weighted by molar-refractivity contribution is 0.628. The Balaban J connectivity index is 0.000000161. The largest absolute Gasteiger partial charge is 0.246 e. The van der Waals surface area contributed by atoms with Gasteiger partial charge >= 0.3 is 0 Å². The summed E-state index contributed by atoms with van der Waals surface area (Å²) in [7, 11) is 0. The number of hydrogen-bond donors (Lipinski definition) is 0. The van der Waals surface area contributed by atoms with Crippen molar-refractivity contribution in [2.45, 2.75) is 27.7 Å². The first-order valence-electron chi connectivity index (χ1n) is 8.73. The number of rotatable bonds is 2. The number of benzene rings is 2. The van der Waals surface area contributed by atoms with E-state index in [2.05, 4.69) is 9.97 Å². The molecule has 0 saturated heterocycles. The van der Waals surface area contributed by atoms with Gasteiger partial charge in [0.25, 0.3) is 0 Å². The molecule has 0 spiro atoms. The minimum Gasteiger partial charge on any atom is -0.246 e. The Morgan fingerprint density at radius 2 is 1.18 bits per heavy atom. The van der Waals surface area contributed by atoms with Crippen LogP contribution in [0.3, 0.4) is 0 Å². The molecule has 0 saturated carbocycles. The van der Waals surface area contributed by atoms with Gasteiger partial charge in [-0.05, 0) is 63.1 Å². The van der Waals surface area contributed by atoms with Crippen molar-refractivity contribution >= 4 is 22.7 Å². The van der Waals surface area contributed by atoms with Crippen LogP contribution in [-0.2, 0) is 0 Å². The molecule has 0 aliphatic heterocycles. The molecule has 0 bridgehead atoms. The predicted molar refractivity (Wildman–Crippen MR) is 114 cm³/mol. The molecule has 0 fully saturated rings. The first-order chi connectivity index (χ1) is 13.3. The lowest BCUT2D eigenvalue weighted by atomic mass is 10.1. The summed E-state index contributed by atoms with van der Waals surface area (Å²) < 4.78 is 25.7. The van der Waals surface area contributed by atoms with Crippen molar-refractivity contribution in [1.29, 1.82) is 0 Å². The van der Waals surface area contributed by atoms with Gasteiger partial charge in [-0.2, -0.15) is 0 Å². The maximum Gasteiger partial charge on any atom is 0.123 e. The zero-order valence-electron chi connectivity index (χ0n) is 16.1. The Morgan fingerprint density at radius 3 is 1.64 bits per heavy atom. The van der Waals surface area contributed by atoms with Crippen molar-refractivity contribution in [3.63, 3.8) is 0 Å². The van der Waals surface area contributed by atoms with E-state index < -0.39 is 0 Å². The zero-order valence-corrected chi connectivity index (χ0v) is 17.7. The standard InChI is InChI=1S/2C11H10FNS/c1-7-11(14-8(2)13-7)9-3-5-10(12)6-4-9;1-7-11(14-8(2)13-7)9-4-3-5-10(12)6-9/h2*3-6H,1-2H3. The Labute approximate surface area is 171 Å². The molecule has 4 rings (SSSR count). The molecule has 0 radical (unpaired) electrons. The maximum absolute atomic E-state index is 13.0. The highest BCUT2D eigenvalue weighted by atomic mass is 32.1. The molecule has 144 valence electrons. The molecule has 28 heavy (non-hydrogen) atoms. The number of aryl methyl sites for hydroxylation is 4. The first-order valence-corrected chi connectivity index (χ1v) is 10.4. The first kappa shape index (κ1) is 20.3. The summed E-state index contributed by atoms with van der Waals surface area (Å²) in [6.07, 6.45) is 0. The van der Waals surface area contributed by atoms with Crippen LogP contribution in [0.15, 0.2) is 48.5 Å². The molecule has 0 unspecified atom stereocenters. The average molecular weight is 415 g/mol. The van der Waals surface area contributed by atoms with Gasteiger partial charge in [0.05, 0.1) is 31.2 Å². The third-order valence-corrected chi connectivity index (χ3v) is 6.24. The second-order valence-electron chi connectivity index (χ2n) is 6.31. The van der Waals surface area contributed by atoms with Crippen LogP contribution in [-0.4, -0.2) is 9.97 Å². The van der Waals surface area contributed by atoms with Crippen LogP contribution in [0.2, 0.25) is 0 Å². The van der Waals surface area contributed by atoms with Crippen molar-refractivity contribution < 1.29 is 8.78 Å². The summed E-state index contributed by atoms with van der Waals surface area (Å²) in [4.78, 5) is 10.8. The Morgan fingerprint density at radius 1 is 0.643 bits per heavy atom. The molecule has 0 amide bonds. The van der Waals surface area contributed by atoms with Gasteiger partial charge in [0, 0.05) is 0 Å². The molecule has 2 heterocycles. The van der Waals surface area contributed by atoms with E-state index >= 15 is 0 Å². The highest BCUT2D eigenvalue weighted by Crippen LogP contribution is 2.30. The third kappa shape index (κ3) is 4.88. The second-order valence-corrected chi connectivity index (χ2v) is 8.72. The van der Waals surface area contributed by atoms with Crippen LogP contribution in [0.4, 0.5) is 8.78 Å². The van der Waals surface area contributed by atoms with Gasteiger partial charge in [0.15, 0.2) is 0 Å². The van der Waals surface area contributed by atoms with Crippen LogP contribution in [0.1, 0.15) is 21.4 Å². The minimum absolute atomic E-state index is 0.201. The zero-order chi connectivity index (χ0) is 20.3. The summed E-state index contributed by atoms with van der Waals surface area (Å²) in [5.41, 5.74) is 3.93. The van der Waals surface area contributed by atoms with E-state index in [0.717, 1.165) is 42.3 Å². The highest BCUT2D eigenvalue weighted by Gasteiger charge is 2.08. The topological polar surface area (TPSA) is 25.8 Å². The quantitative estimate of drug-likeness (QED) is 0.349. The van der Waals surface area contributed by atoms with Crippen molar-refractivity contribution in [2.24, 2.45) is 0 Å². The molecule has 0 atom stereocenters. The van der Waals surface area contributed by atoms with E-state index in [-0.39, 0.29) is 11.6 Å². The Hall–Kier alpha value is -2.44. The van der Waals surface area contributed by atoms with Crippen LogP contribution >= 0.6 is 22.7 Å². The average Bonchev–Trinajstić information content (AvgIpc) is 3.16. The third-order valence-electron chi connectivity index (χ3n) is 4.00. The molecule has 0 aliphatic carbocycles. The SMILES string of the molecule is Cc1nc(C)c(-c2ccc(F)cc2)s1.Cc1nc(C)c(-c2cccc(F)c2)s1. The lowest BCUT2D eigenvalue weighted by Gasteiger charge is -1.97. The summed E-state index contributed by atoms with van der Waals surface area (Å²) in [5, 5.41) is 2.06. The molecule has 2 aromatic carbocycles. The Bertz CT molecular complexity index is 1080. The smallest absolute Gasteiger partial charge is 0.123 e. The van der Waals surface area contributed by atoms with Crippen LogP contribution in [0.5, 0.6) is 0 Å². The van der Waals surface area contributed by atoms with E-state index in [1.54, 1.807) is 46.9 Å². The number of hydrogen-bond acceptors (Lipinski definition) is 4. The van der Waals surface area contributed by atoms with Crippen molar-refractivity contribution in [3.05, 3.63) is 81.6 Å². The van der Waals surface area contributed by atoms with Crippen molar-refractivity contribution in [2.75, 3.05) is 0 Å². The fourth-order valence-corrected chi connectivity index (χ4v) is 4.67. The molecule has 6 heteroatoms. The molecule has 0 aliphatic rings. The number of nitrogens with zero attached hydrogens (tertiary/aromatic N) is 2. The molecular weight excluding hydrogens is 394 g/mol. The highest BCUT2D eigenvalue weighted by molar-refractivity contribution is 7.15. The van der Waals surface area contributed by atoms with Gasteiger partial charge in [0.1, 0.15) is 11.6 Å². The predicted octanol–water partition coefficient (Wildman–Crippen LogP) is 7.13. The number of aromatic nitrogens is 2. The molecule has 2 aromatic heterocycles. The van der Waals surface area contributed by atoms with Crippen LogP contribution in [0, 0.1) is 39.3 Å². The van der Waals surface area contributed by atoms with Gasteiger partial charge in [-0.15, -0.1) is 22.7 Å². The van der Waals surface area contributed by atoms with E-state index in [1.807, 2.05) is 33.8 Å². The van der Waals surface area contributed by atoms with Gasteiger partial charge in [-0.25, -0.2) is 18.7 Å². The van der Waals surface area contributed by atoms with Crippen molar-refractivity contribution in [3.8, 4) is 20.9 Å². The minimum atomic E-state index is -0.201. The molecule has 4 aromatic rings. The summed E-state index contributed by atoms with van der Waals surface area (Å²) >= 11 is 3.24. The summed E-state index contributed by atoms with van der Waals surface area (Å²) in [5.74, 6) is -0.402. The summed E-state index contributed by atoms with van der Waals surface area (Å²) in [6.45, 7) is 7.86. The second kappa shape index (κ2) is 8.71. The fourth-order valence-electron chi connectivity index (χ4n) is 2.83. The van der Waals surface area contributed by atoms with Gasteiger partial charge in [0.2, 0.25) is 0 Å². The van der Waals surface area contributed by atoms with Crippen LogP contribution in [0.25, 0.3) is 20.9 Å². The monoisotopic (exact) mass is 414 g/mol. The van der Waals surface area contributed by atoms with E-state index in [9.17, 15) is 8.78 Å². The van der Waals surface area contributed by atoms with Crippen molar-refractivity contribution in [1.82, 2.24) is 9.97 Å².